The van der Waals surface area contributed by atoms with E-state index in [9.17, 15) is 4.79 Å². The fourth-order valence-corrected chi connectivity index (χ4v) is 6.19. The number of aromatic nitrogens is 1. The van der Waals surface area contributed by atoms with Gasteiger partial charge in [0.15, 0.2) is 4.80 Å². The molecule has 2 aliphatic rings. The molecule has 0 spiro atoms. The maximum Gasteiger partial charge on any atom is 0.271 e. The van der Waals surface area contributed by atoms with E-state index >= 15 is 0 Å². The largest absolute Gasteiger partial charge is 0.497 e. The number of hydrogen-bond donors (Lipinski definition) is 0. The number of benzene rings is 3. The van der Waals surface area contributed by atoms with Crippen molar-refractivity contribution in [2.45, 2.75) is 18.9 Å². The zero-order valence-corrected chi connectivity index (χ0v) is 21.7. The molecule has 2 heterocycles. The molecular weight excluding hydrogens is 484 g/mol. The van der Waals surface area contributed by atoms with E-state index in [-0.39, 0.29) is 11.6 Å². The van der Waals surface area contributed by atoms with Gasteiger partial charge in [0.05, 0.1) is 37.6 Å². The molecule has 1 aromatic heterocycles. The van der Waals surface area contributed by atoms with E-state index in [0.717, 1.165) is 41.0 Å². The highest BCUT2D eigenvalue weighted by molar-refractivity contribution is 7.07. The molecule has 0 saturated heterocycles. The molecule has 6 nitrogen and oxygen atoms in total. The molecule has 0 N–H and O–H groups in total. The van der Waals surface area contributed by atoms with Gasteiger partial charge >= 0.3 is 0 Å². The average molecular weight is 511 g/mol. The molecular formula is C30H26N2O4S. The molecule has 0 amide bonds. The quantitative estimate of drug-likeness (QED) is 0.401. The van der Waals surface area contributed by atoms with Crippen molar-refractivity contribution in [1.82, 2.24) is 4.57 Å². The number of hydrogen-bond acceptors (Lipinski definition) is 6. The topological polar surface area (TPSA) is 62.0 Å². The second kappa shape index (κ2) is 9.41. The van der Waals surface area contributed by atoms with Crippen molar-refractivity contribution in [3.8, 4) is 17.2 Å². The summed E-state index contributed by atoms with van der Waals surface area (Å²) in [7, 11) is 4.90. The van der Waals surface area contributed by atoms with Crippen LogP contribution in [0.2, 0.25) is 0 Å². The molecule has 186 valence electrons. The molecule has 6 rings (SSSR count). The van der Waals surface area contributed by atoms with Crippen LogP contribution in [0.15, 0.2) is 82.1 Å². The van der Waals surface area contributed by atoms with E-state index in [1.54, 1.807) is 21.3 Å². The van der Waals surface area contributed by atoms with E-state index in [4.69, 9.17) is 19.2 Å². The van der Waals surface area contributed by atoms with Gasteiger partial charge in [-0.2, -0.15) is 0 Å². The van der Waals surface area contributed by atoms with Crippen LogP contribution >= 0.6 is 11.3 Å². The summed E-state index contributed by atoms with van der Waals surface area (Å²) in [6, 6.07) is 21.7. The third kappa shape index (κ3) is 3.96. The number of nitrogens with zero attached hydrogens (tertiary/aromatic N) is 2. The van der Waals surface area contributed by atoms with Gasteiger partial charge in [-0.3, -0.25) is 9.36 Å². The normalized spacial score (nSPS) is 16.4. The van der Waals surface area contributed by atoms with Crippen molar-refractivity contribution in [2.75, 3.05) is 21.3 Å². The Hall–Kier alpha value is -4.10. The molecule has 0 unspecified atom stereocenters. The van der Waals surface area contributed by atoms with Crippen LogP contribution in [0.1, 0.15) is 34.7 Å². The van der Waals surface area contributed by atoms with Crippen molar-refractivity contribution in [3.05, 3.63) is 114 Å². The molecule has 7 heteroatoms. The Labute approximate surface area is 218 Å². The number of rotatable bonds is 5. The Bertz CT molecular complexity index is 1710. The maximum absolute atomic E-state index is 14.0. The Balaban J connectivity index is 1.60. The van der Waals surface area contributed by atoms with Crippen LogP contribution in [0, 0.1) is 0 Å². The lowest BCUT2D eigenvalue weighted by Gasteiger charge is -2.30. The number of thiazole rings is 1. The Morgan fingerprint density at radius 1 is 0.919 bits per heavy atom. The van der Waals surface area contributed by atoms with E-state index in [2.05, 4.69) is 24.3 Å². The molecule has 0 fully saturated rings. The summed E-state index contributed by atoms with van der Waals surface area (Å²) < 4.78 is 18.8. The summed E-state index contributed by atoms with van der Waals surface area (Å²) in [4.78, 5) is 19.7. The first-order valence-corrected chi connectivity index (χ1v) is 12.9. The van der Waals surface area contributed by atoms with Crippen LogP contribution in [0.25, 0.3) is 11.8 Å². The lowest BCUT2D eigenvalue weighted by atomic mass is 9.83. The molecule has 37 heavy (non-hydrogen) atoms. The Morgan fingerprint density at radius 3 is 2.43 bits per heavy atom. The summed E-state index contributed by atoms with van der Waals surface area (Å²) in [6.45, 7) is 0. The van der Waals surface area contributed by atoms with Gasteiger partial charge in [0.2, 0.25) is 0 Å². The highest BCUT2D eigenvalue weighted by Gasteiger charge is 2.32. The van der Waals surface area contributed by atoms with Crippen molar-refractivity contribution in [1.29, 1.82) is 0 Å². The number of fused-ring (bicyclic) bond motifs is 3. The van der Waals surface area contributed by atoms with Crippen LogP contribution in [-0.2, 0) is 6.42 Å². The van der Waals surface area contributed by atoms with E-state index in [1.807, 2.05) is 53.1 Å². The van der Waals surface area contributed by atoms with Crippen LogP contribution in [0.3, 0.4) is 0 Å². The van der Waals surface area contributed by atoms with Crippen LogP contribution < -0.4 is 29.1 Å². The zero-order valence-electron chi connectivity index (χ0n) is 20.9. The monoisotopic (exact) mass is 510 g/mol. The molecule has 0 radical (unpaired) electrons. The van der Waals surface area contributed by atoms with Gasteiger partial charge in [-0.25, -0.2) is 4.99 Å². The number of ether oxygens (including phenoxy) is 3. The van der Waals surface area contributed by atoms with Crippen LogP contribution in [0.5, 0.6) is 17.2 Å². The minimum atomic E-state index is -0.236. The second-order valence-electron chi connectivity index (χ2n) is 8.99. The fourth-order valence-electron chi connectivity index (χ4n) is 5.20. The molecule has 0 saturated carbocycles. The smallest absolute Gasteiger partial charge is 0.271 e. The Morgan fingerprint density at radius 2 is 1.68 bits per heavy atom. The van der Waals surface area contributed by atoms with Crippen molar-refractivity contribution >= 4 is 23.1 Å². The maximum atomic E-state index is 14.0. The van der Waals surface area contributed by atoms with Gasteiger partial charge < -0.3 is 14.2 Å². The van der Waals surface area contributed by atoms with Gasteiger partial charge in [-0.1, -0.05) is 47.7 Å². The second-order valence-corrected chi connectivity index (χ2v) is 10.0. The highest BCUT2D eigenvalue weighted by Crippen LogP contribution is 2.41. The predicted molar refractivity (Wildman–Crippen MR) is 145 cm³/mol. The summed E-state index contributed by atoms with van der Waals surface area (Å²) in [6.07, 6.45) is 3.63. The standard InChI is InChI=1S/C30H26N2O4S/c1-34-21-11-8-19(9-12-21)28-24-14-10-18-6-4-5-7-23(18)27(24)31-30-32(28)29(33)26(37-30)17-20-16-22(35-2)13-15-25(20)36-3/h4-9,11-13,15-17,28H,10,14H2,1-3H3/b26-17+/t28-/m0/s1. The van der Waals surface area contributed by atoms with E-state index in [0.29, 0.717) is 20.8 Å². The van der Waals surface area contributed by atoms with E-state index in [1.165, 1.54) is 22.5 Å². The number of aryl methyl sites for hydroxylation is 1. The van der Waals surface area contributed by atoms with Crippen molar-refractivity contribution < 1.29 is 14.2 Å². The van der Waals surface area contributed by atoms with E-state index < -0.39 is 0 Å². The molecule has 1 aliphatic carbocycles. The lowest BCUT2D eigenvalue weighted by Crippen LogP contribution is -2.38. The fraction of sp³-hybridized carbons (Fsp3) is 0.200. The summed E-state index contributed by atoms with van der Waals surface area (Å²) in [5, 5.41) is 0. The van der Waals surface area contributed by atoms with Crippen LogP contribution in [-0.4, -0.2) is 25.9 Å². The highest BCUT2D eigenvalue weighted by atomic mass is 32.1. The molecule has 4 aromatic rings. The van der Waals surface area contributed by atoms with Gasteiger partial charge in [-0.05, 0) is 65.9 Å². The predicted octanol–water partition coefficient (Wildman–Crippen LogP) is 4.34. The van der Waals surface area contributed by atoms with Gasteiger partial charge in [0.25, 0.3) is 5.56 Å². The minimum Gasteiger partial charge on any atom is -0.497 e. The SMILES string of the molecule is COc1ccc([C@H]2C3=C(N=c4s/c(=C/c5cc(OC)ccc5OC)c(=O)n42)c2ccccc2CC3)cc1. The molecule has 1 aliphatic heterocycles. The minimum absolute atomic E-state index is 0.0696. The first-order chi connectivity index (χ1) is 18.1. The molecule has 3 aromatic carbocycles. The summed E-state index contributed by atoms with van der Waals surface area (Å²) in [5.41, 5.74) is 6.33. The van der Waals surface area contributed by atoms with Crippen molar-refractivity contribution in [2.24, 2.45) is 4.99 Å². The third-order valence-electron chi connectivity index (χ3n) is 7.03. The first-order valence-electron chi connectivity index (χ1n) is 12.1. The lowest BCUT2D eigenvalue weighted by molar-refractivity contribution is 0.402. The zero-order chi connectivity index (χ0) is 25.5. The van der Waals surface area contributed by atoms with Crippen molar-refractivity contribution in [3.63, 3.8) is 0 Å². The van der Waals surface area contributed by atoms with Crippen LogP contribution in [0.4, 0.5) is 0 Å². The third-order valence-corrected chi connectivity index (χ3v) is 8.01. The van der Waals surface area contributed by atoms with Gasteiger partial charge in [0, 0.05) is 11.1 Å². The Kier molecular flexibility index (Phi) is 5.93. The van der Waals surface area contributed by atoms with Gasteiger partial charge in [-0.15, -0.1) is 0 Å². The first kappa shape index (κ1) is 23.3. The average Bonchev–Trinajstić information content (AvgIpc) is 3.26. The number of methoxy groups -OCH3 is 3. The molecule has 1 atom stereocenters. The number of allylic oxidation sites excluding steroid dienone is 1. The summed E-state index contributed by atoms with van der Waals surface area (Å²) in [5.74, 6) is 2.15. The summed E-state index contributed by atoms with van der Waals surface area (Å²) >= 11 is 1.40. The van der Waals surface area contributed by atoms with Gasteiger partial charge in [0.1, 0.15) is 17.2 Å². The molecule has 0 bridgehead atoms.